The first-order valence-corrected chi connectivity index (χ1v) is 5.52. The van der Waals surface area contributed by atoms with Gasteiger partial charge < -0.3 is 5.73 Å². The zero-order chi connectivity index (χ0) is 11.5. The number of rotatable bonds is 2. The number of benzene rings is 1. The summed E-state index contributed by atoms with van der Waals surface area (Å²) in [4.78, 5) is 4.36. The van der Waals surface area contributed by atoms with Crippen molar-refractivity contribution in [3.8, 4) is 11.3 Å². The molecule has 2 N–H and O–H groups in total. The highest BCUT2D eigenvalue weighted by Crippen LogP contribution is 2.20. The molecular formula is C14H16N2. The van der Waals surface area contributed by atoms with E-state index in [1.165, 1.54) is 11.1 Å². The molecule has 0 saturated heterocycles. The van der Waals surface area contributed by atoms with E-state index in [-0.39, 0.29) is 0 Å². The Morgan fingerprint density at radius 3 is 2.44 bits per heavy atom. The van der Waals surface area contributed by atoms with Gasteiger partial charge in [0.05, 0.1) is 5.69 Å². The first-order chi connectivity index (χ1) is 7.69. The lowest BCUT2D eigenvalue weighted by atomic mass is 10.1. The fourth-order valence-electron chi connectivity index (χ4n) is 1.69. The molecule has 2 rings (SSSR count). The van der Waals surface area contributed by atoms with E-state index in [2.05, 4.69) is 49.2 Å². The molecule has 0 aliphatic heterocycles. The summed E-state index contributed by atoms with van der Waals surface area (Å²) < 4.78 is 0. The van der Waals surface area contributed by atoms with Crippen molar-refractivity contribution < 1.29 is 0 Å². The first-order valence-electron chi connectivity index (χ1n) is 5.52. The number of pyridine rings is 1. The topological polar surface area (TPSA) is 38.9 Å². The predicted molar refractivity (Wildman–Crippen MR) is 68.2 cm³/mol. The highest BCUT2D eigenvalue weighted by atomic mass is 14.8. The quantitative estimate of drug-likeness (QED) is 0.830. The van der Waals surface area contributed by atoms with Gasteiger partial charge in [-0.05, 0) is 31.0 Å². The smallest absolute Gasteiger partial charge is 0.124 e. The van der Waals surface area contributed by atoms with Crippen LogP contribution in [-0.4, -0.2) is 4.98 Å². The summed E-state index contributed by atoms with van der Waals surface area (Å²) in [5.74, 6) is 0.593. The van der Waals surface area contributed by atoms with Gasteiger partial charge in [-0.1, -0.05) is 36.8 Å². The van der Waals surface area contributed by atoms with Crippen LogP contribution in [0.4, 0.5) is 5.82 Å². The minimum absolute atomic E-state index is 0.593. The second-order valence-corrected chi connectivity index (χ2v) is 4.01. The van der Waals surface area contributed by atoms with E-state index in [9.17, 15) is 0 Å². The molecule has 16 heavy (non-hydrogen) atoms. The number of nitrogens with two attached hydrogens (primary N) is 1. The van der Waals surface area contributed by atoms with Gasteiger partial charge in [0, 0.05) is 5.56 Å². The van der Waals surface area contributed by atoms with Crippen molar-refractivity contribution in [2.24, 2.45) is 0 Å². The second-order valence-electron chi connectivity index (χ2n) is 4.01. The number of aromatic nitrogens is 1. The Morgan fingerprint density at radius 2 is 1.81 bits per heavy atom. The normalized spacial score (nSPS) is 10.4. The van der Waals surface area contributed by atoms with Gasteiger partial charge >= 0.3 is 0 Å². The van der Waals surface area contributed by atoms with E-state index in [0.29, 0.717) is 5.82 Å². The summed E-state index contributed by atoms with van der Waals surface area (Å²) >= 11 is 0. The summed E-state index contributed by atoms with van der Waals surface area (Å²) in [6, 6.07) is 12.4. The molecule has 0 unspecified atom stereocenters. The minimum Gasteiger partial charge on any atom is -0.384 e. The number of nitrogen functional groups attached to an aromatic ring is 1. The van der Waals surface area contributed by atoms with Crippen molar-refractivity contribution >= 4 is 5.82 Å². The molecule has 2 heteroatoms. The Kier molecular flexibility index (Phi) is 2.91. The largest absolute Gasteiger partial charge is 0.384 e. The highest BCUT2D eigenvalue weighted by Gasteiger charge is 2.02. The van der Waals surface area contributed by atoms with E-state index < -0.39 is 0 Å². The Balaban J connectivity index is 2.47. The molecule has 0 spiro atoms. The van der Waals surface area contributed by atoms with Crippen molar-refractivity contribution in [2.75, 3.05) is 5.73 Å². The van der Waals surface area contributed by atoms with Gasteiger partial charge in [-0.25, -0.2) is 4.98 Å². The number of hydrogen-bond donors (Lipinski definition) is 1. The molecule has 0 aliphatic carbocycles. The lowest BCUT2D eigenvalue weighted by Gasteiger charge is -2.05. The summed E-state index contributed by atoms with van der Waals surface area (Å²) in [5.41, 5.74) is 10.3. The molecule has 0 saturated carbocycles. The van der Waals surface area contributed by atoms with Crippen LogP contribution >= 0.6 is 0 Å². The van der Waals surface area contributed by atoms with Crippen molar-refractivity contribution in [1.82, 2.24) is 4.98 Å². The molecule has 1 heterocycles. The summed E-state index contributed by atoms with van der Waals surface area (Å²) in [7, 11) is 0. The molecular weight excluding hydrogens is 196 g/mol. The molecule has 1 aromatic carbocycles. The van der Waals surface area contributed by atoms with Gasteiger partial charge in [0.15, 0.2) is 0 Å². The van der Waals surface area contributed by atoms with Crippen molar-refractivity contribution in [2.45, 2.75) is 20.3 Å². The lowest BCUT2D eigenvalue weighted by molar-refractivity contribution is 1.12. The van der Waals surface area contributed by atoms with Gasteiger partial charge in [0.1, 0.15) is 5.82 Å². The van der Waals surface area contributed by atoms with E-state index in [4.69, 9.17) is 5.73 Å². The Labute approximate surface area is 96.1 Å². The molecule has 2 nitrogen and oxygen atoms in total. The van der Waals surface area contributed by atoms with Crippen LogP contribution in [0.2, 0.25) is 0 Å². The van der Waals surface area contributed by atoms with Crippen LogP contribution in [0.3, 0.4) is 0 Å². The van der Waals surface area contributed by atoms with Gasteiger partial charge in [0.25, 0.3) is 0 Å². The number of hydrogen-bond acceptors (Lipinski definition) is 2. The zero-order valence-electron chi connectivity index (χ0n) is 9.70. The van der Waals surface area contributed by atoms with Crippen LogP contribution in [0.1, 0.15) is 18.1 Å². The fourth-order valence-corrected chi connectivity index (χ4v) is 1.69. The molecule has 82 valence electrons. The maximum absolute atomic E-state index is 5.79. The lowest BCUT2D eigenvalue weighted by Crippen LogP contribution is -1.95. The molecule has 0 atom stereocenters. The van der Waals surface area contributed by atoms with Crippen LogP contribution in [-0.2, 0) is 6.42 Å². The molecule has 0 amide bonds. The minimum atomic E-state index is 0.593. The molecule has 1 aromatic heterocycles. The number of anilines is 1. The van der Waals surface area contributed by atoms with Gasteiger partial charge in [-0.15, -0.1) is 0 Å². The molecule has 0 radical (unpaired) electrons. The van der Waals surface area contributed by atoms with E-state index in [1.807, 2.05) is 6.07 Å². The molecule has 0 aliphatic rings. The summed E-state index contributed by atoms with van der Waals surface area (Å²) in [5, 5.41) is 0. The third-order valence-corrected chi connectivity index (χ3v) is 2.66. The van der Waals surface area contributed by atoms with Gasteiger partial charge in [-0.2, -0.15) is 0 Å². The molecule has 2 aromatic rings. The van der Waals surface area contributed by atoms with E-state index >= 15 is 0 Å². The van der Waals surface area contributed by atoms with E-state index in [0.717, 1.165) is 17.7 Å². The number of nitrogens with zero attached hydrogens (tertiary/aromatic N) is 1. The molecule has 0 fully saturated rings. The second kappa shape index (κ2) is 4.35. The van der Waals surface area contributed by atoms with Crippen LogP contribution in [0.15, 0.2) is 36.4 Å². The van der Waals surface area contributed by atoms with Crippen molar-refractivity contribution in [3.05, 3.63) is 47.5 Å². The Morgan fingerprint density at radius 1 is 1.12 bits per heavy atom. The SMILES string of the molecule is CCc1cc(N)nc(-c2ccc(C)cc2)c1. The first kappa shape index (κ1) is 10.7. The predicted octanol–water partition coefficient (Wildman–Crippen LogP) is 3.20. The zero-order valence-corrected chi connectivity index (χ0v) is 9.70. The van der Waals surface area contributed by atoms with Crippen molar-refractivity contribution in [3.63, 3.8) is 0 Å². The Hall–Kier alpha value is -1.83. The van der Waals surface area contributed by atoms with E-state index in [1.54, 1.807) is 0 Å². The van der Waals surface area contributed by atoms with Crippen LogP contribution in [0.5, 0.6) is 0 Å². The fraction of sp³-hybridized carbons (Fsp3) is 0.214. The summed E-state index contributed by atoms with van der Waals surface area (Å²) in [6.07, 6.45) is 0.978. The number of aryl methyl sites for hydroxylation is 2. The average molecular weight is 212 g/mol. The molecule has 0 bridgehead atoms. The van der Waals surface area contributed by atoms with Gasteiger partial charge in [0.2, 0.25) is 0 Å². The highest BCUT2D eigenvalue weighted by molar-refractivity contribution is 5.62. The monoisotopic (exact) mass is 212 g/mol. The maximum atomic E-state index is 5.79. The van der Waals surface area contributed by atoms with Crippen LogP contribution in [0.25, 0.3) is 11.3 Å². The standard InChI is InChI=1S/C14H16N2/c1-3-11-8-13(16-14(15)9-11)12-6-4-10(2)5-7-12/h4-9H,3H2,1-2H3,(H2,15,16). The van der Waals surface area contributed by atoms with Crippen molar-refractivity contribution in [1.29, 1.82) is 0 Å². The Bertz CT molecular complexity index is 487. The average Bonchev–Trinajstić information content (AvgIpc) is 2.29. The third-order valence-electron chi connectivity index (χ3n) is 2.66. The van der Waals surface area contributed by atoms with Crippen LogP contribution < -0.4 is 5.73 Å². The van der Waals surface area contributed by atoms with Crippen LogP contribution in [0, 0.1) is 6.92 Å². The van der Waals surface area contributed by atoms with Gasteiger partial charge in [-0.3, -0.25) is 0 Å². The maximum Gasteiger partial charge on any atom is 0.124 e. The summed E-state index contributed by atoms with van der Waals surface area (Å²) in [6.45, 7) is 4.20. The third kappa shape index (κ3) is 2.22.